The van der Waals surface area contributed by atoms with Crippen LogP contribution in [0.5, 0.6) is 0 Å². The number of aryl methyl sites for hydroxylation is 1. The first kappa shape index (κ1) is 16.1. The van der Waals surface area contributed by atoms with Gasteiger partial charge in [-0.05, 0) is 61.6 Å². The zero-order valence-corrected chi connectivity index (χ0v) is 14.6. The molecule has 6 nitrogen and oxygen atoms in total. The van der Waals surface area contributed by atoms with Crippen LogP contribution >= 0.6 is 0 Å². The molecule has 1 aromatic carbocycles. The maximum Gasteiger partial charge on any atom is 0.256 e. The highest BCUT2D eigenvalue weighted by Crippen LogP contribution is 2.37. The van der Waals surface area contributed by atoms with Gasteiger partial charge in [0.2, 0.25) is 10.0 Å². The molecule has 3 N–H and O–H groups in total. The van der Waals surface area contributed by atoms with Gasteiger partial charge in [-0.25, -0.2) is 13.6 Å². The van der Waals surface area contributed by atoms with E-state index in [1.165, 1.54) is 17.7 Å². The number of anilines is 1. The standard InChI is InChI=1S/C18H18N2O4S/c1-10-12-4-2-3-5-16(12)24-17(10)9-14-13-8-11(25(19,22)23)6-7-15(13)20-18(14)21/h6-9H,2-5H2,1H3,(H,20,21)(H2,19,22,23). The Hall–Kier alpha value is -2.38. The van der Waals surface area contributed by atoms with Crippen molar-refractivity contribution in [3.63, 3.8) is 0 Å². The number of primary sulfonamides is 1. The molecular weight excluding hydrogens is 340 g/mol. The monoisotopic (exact) mass is 358 g/mol. The van der Waals surface area contributed by atoms with Crippen molar-refractivity contribution >= 4 is 33.3 Å². The number of nitrogens with two attached hydrogens (primary N) is 1. The van der Waals surface area contributed by atoms with Crippen molar-refractivity contribution in [3.8, 4) is 0 Å². The van der Waals surface area contributed by atoms with Crippen molar-refractivity contribution in [1.29, 1.82) is 0 Å². The highest BCUT2D eigenvalue weighted by Gasteiger charge is 2.27. The minimum Gasteiger partial charge on any atom is -0.461 e. The summed E-state index contributed by atoms with van der Waals surface area (Å²) in [5.41, 5.74) is 3.75. The number of hydrogen-bond donors (Lipinski definition) is 2. The van der Waals surface area contributed by atoms with E-state index in [1.54, 1.807) is 12.1 Å². The Morgan fingerprint density at radius 3 is 2.72 bits per heavy atom. The molecule has 0 atom stereocenters. The van der Waals surface area contributed by atoms with Gasteiger partial charge in [-0.3, -0.25) is 4.79 Å². The molecule has 0 radical (unpaired) electrons. The van der Waals surface area contributed by atoms with E-state index in [9.17, 15) is 13.2 Å². The van der Waals surface area contributed by atoms with Gasteiger partial charge in [-0.2, -0.15) is 0 Å². The summed E-state index contributed by atoms with van der Waals surface area (Å²) in [5.74, 6) is 1.37. The number of hydrogen-bond acceptors (Lipinski definition) is 4. The Balaban J connectivity index is 1.84. The first-order valence-electron chi connectivity index (χ1n) is 8.16. The van der Waals surface area contributed by atoms with Crippen LogP contribution in [0.15, 0.2) is 27.5 Å². The maximum absolute atomic E-state index is 12.3. The summed E-state index contributed by atoms with van der Waals surface area (Å²) in [7, 11) is -3.84. The summed E-state index contributed by atoms with van der Waals surface area (Å²) in [6, 6.07) is 4.36. The van der Waals surface area contributed by atoms with Gasteiger partial charge in [0.1, 0.15) is 11.5 Å². The van der Waals surface area contributed by atoms with E-state index in [-0.39, 0.29) is 10.8 Å². The van der Waals surface area contributed by atoms with E-state index in [1.807, 2.05) is 6.92 Å². The average Bonchev–Trinajstić information content (AvgIpc) is 3.05. The second kappa shape index (κ2) is 5.57. The molecule has 0 saturated heterocycles. The quantitative estimate of drug-likeness (QED) is 0.806. The van der Waals surface area contributed by atoms with Crippen molar-refractivity contribution in [1.82, 2.24) is 0 Å². The number of fused-ring (bicyclic) bond motifs is 2. The fourth-order valence-electron chi connectivity index (χ4n) is 3.50. The van der Waals surface area contributed by atoms with Gasteiger partial charge in [0, 0.05) is 17.7 Å². The van der Waals surface area contributed by atoms with Crippen molar-refractivity contribution in [2.45, 2.75) is 37.5 Å². The molecule has 1 aromatic heterocycles. The lowest BCUT2D eigenvalue weighted by Gasteiger charge is -2.08. The van der Waals surface area contributed by atoms with E-state index in [2.05, 4.69) is 5.32 Å². The molecule has 0 spiro atoms. The molecule has 1 aliphatic heterocycles. The van der Waals surface area contributed by atoms with Gasteiger partial charge in [-0.15, -0.1) is 0 Å². The molecule has 2 heterocycles. The van der Waals surface area contributed by atoms with Crippen LogP contribution in [-0.4, -0.2) is 14.3 Å². The topological polar surface area (TPSA) is 102 Å². The van der Waals surface area contributed by atoms with Crippen molar-refractivity contribution in [3.05, 3.63) is 46.4 Å². The molecule has 1 aliphatic carbocycles. The van der Waals surface area contributed by atoms with E-state index < -0.39 is 10.0 Å². The third-order valence-electron chi connectivity index (χ3n) is 4.85. The molecule has 2 aromatic rings. The maximum atomic E-state index is 12.3. The zero-order chi connectivity index (χ0) is 17.8. The van der Waals surface area contributed by atoms with Crippen LogP contribution in [0.25, 0.3) is 11.6 Å². The third kappa shape index (κ3) is 2.69. The predicted octanol–water partition coefficient (Wildman–Crippen LogP) is 2.61. The molecule has 2 aliphatic rings. The molecule has 7 heteroatoms. The van der Waals surface area contributed by atoms with Gasteiger partial charge < -0.3 is 9.73 Å². The van der Waals surface area contributed by atoms with E-state index in [4.69, 9.17) is 9.56 Å². The van der Waals surface area contributed by atoms with Crippen molar-refractivity contribution in [2.24, 2.45) is 5.14 Å². The van der Waals surface area contributed by atoms with Crippen LogP contribution < -0.4 is 10.5 Å². The van der Waals surface area contributed by atoms with Crippen LogP contribution in [0, 0.1) is 6.92 Å². The molecule has 0 saturated carbocycles. The summed E-state index contributed by atoms with van der Waals surface area (Å²) >= 11 is 0. The van der Waals surface area contributed by atoms with Crippen molar-refractivity contribution < 1.29 is 17.6 Å². The highest BCUT2D eigenvalue weighted by molar-refractivity contribution is 7.89. The zero-order valence-electron chi connectivity index (χ0n) is 13.8. The summed E-state index contributed by atoms with van der Waals surface area (Å²) in [6.07, 6.45) is 5.85. The first-order valence-corrected chi connectivity index (χ1v) is 9.70. The largest absolute Gasteiger partial charge is 0.461 e. The predicted molar refractivity (Wildman–Crippen MR) is 94.4 cm³/mol. The van der Waals surface area contributed by atoms with Gasteiger partial charge in [-0.1, -0.05) is 0 Å². The SMILES string of the molecule is Cc1c(C=C2C(=O)Nc3ccc(S(N)(=O)=O)cc32)oc2c1CCCC2. The van der Waals surface area contributed by atoms with Crippen LogP contribution in [0.1, 0.15) is 41.1 Å². The summed E-state index contributed by atoms with van der Waals surface area (Å²) in [6.45, 7) is 1.99. The molecule has 0 bridgehead atoms. The lowest BCUT2D eigenvalue weighted by molar-refractivity contribution is -0.110. The summed E-state index contributed by atoms with van der Waals surface area (Å²) in [4.78, 5) is 12.3. The normalized spacial score (nSPS) is 18.2. The number of sulfonamides is 1. The minimum atomic E-state index is -3.84. The van der Waals surface area contributed by atoms with Crippen molar-refractivity contribution in [2.75, 3.05) is 5.32 Å². The molecule has 4 rings (SSSR count). The molecule has 25 heavy (non-hydrogen) atoms. The Labute approximate surface area is 145 Å². The Morgan fingerprint density at radius 2 is 2.00 bits per heavy atom. The van der Waals surface area contributed by atoms with Gasteiger partial charge in [0.15, 0.2) is 0 Å². The smallest absolute Gasteiger partial charge is 0.256 e. The lowest BCUT2D eigenvalue weighted by Crippen LogP contribution is -2.12. The number of carbonyl (C=O) groups excluding carboxylic acids is 1. The Kier molecular flexibility index (Phi) is 3.59. The van der Waals surface area contributed by atoms with Crippen LogP contribution in [0.3, 0.4) is 0 Å². The number of rotatable bonds is 2. The molecule has 0 unspecified atom stereocenters. The molecular formula is C18H18N2O4S. The first-order chi connectivity index (χ1) is 11.8. The number of amides is 1. The van der Waals surface area contributed by atoms with Crippen LogP contribution in [0.2, 0.25) is 0 Å². The minimum absolute atomic E-state index is 0.0240. The summed E-state index contributed by atoms with van der Waals surface area (Å²) < 4.78 is 29.2. The van der Waals surface area contributed by atoms with Gasteiger partial charge in [0.25, 0.3) is 5.91 Å². The number of nitrogens with one attached hydrogen (secondary N) is 1. The molecule has 1 amide bonds. The van der Waals surface area contributed by atoms with Crippen LogP contribution in [-0.2, 0) is 27.7 Å². The fraction of sp³-hybridized carbons (Fsp3) is 0.278. The van der Waals surface area contributed by atoms with Gasteiger partial charge in [0.05, 0.1) is 10.5 Å². The molecule has 0 fully saturated rings. The lowest BCUT2D eigenvalue weighted by atomic mass is 9.95. The summed E-state index contributed by atoms with van der Waals surface area (Å²) in [5, 5.41) is 7.95. The fourth-order valence-corrected chi connectivity index (χ4v) is 4.04. The average molecular weight is 358 g/mol. The molecule has 130 valence electrons. The second-order valence-corrected chi connectivity index (χ2v) is 8.03. The third-order valence-corrected chi connectivity index (χ3v) is 5.76. The van der Waals surface area contributed by atoms with E-state index in [0.717, 1.165) is 37.0 Å². The van der Waals surface area contributed by atoms with E-state index in [0.29, 0.717) is 22.6 Å². The highest BCUT2D eigenvalue weighted by atomic mass is 32.2. The Morgan fingerprint density at radius 1 is 1.24 bits per heavy atom. The Bertz CT molecular complexity index is 1030. The van der Waals surface area contributed by atoms with Gasteiger partial charge >= 0.3 is 0 Å². The van der Waals surface area contributed by atoms with Crippen LogP contribution in [0.4, 0.5) is 5.69 Å². The number of carbonyl (C=O) groups is 1. The number of benzene rings is 1. The second-order valence-electron chi connectivity index (χ2n) is 6.46. The van der Waals surface area contributed by atoms with E-state index >= 15 is 0 Å². The number of furan rings is 1.